The predicted octanol–water partition coefficient (Wildman–Crippen LogP) is 1.35. The van der Waals surface area contributed by atoms with Crippen molar-refractivity contribution in [3.05, 3.63) is 54.3 Å². The molecule has 0 bridgehead atoms. The quantitative estimate of drug-likeness (QED) is 0.517. The van der Waals surface area contributed by atoms with Gasteiger partial charge in [0.2, 0.25) is 0 Å². The van der Waals surface area contributed by atoms with Crippen molar-refractivity contribution in [1.29, 1.82) is 0 Å². The SMILES string of the molecule is C=[C-]C(=O)N([CH2-])C.C=[C-]C(=O)N([CH2-])C.[CH3-].[CH3-].[Y+3].[Y+3]. The van der Waals surface area contributed by atoms with Crippen molar-refractivity contribution < 1.29 is 75.0 Å². The van der Waals surface area contributed by atoms with Crippen molar-refractivity contribution in [2.24, 2.45) is 0 Å². The molecule has 0 spiro atoms. The molecule has 6 heteroatoms. The van der Waals surface area contributed by atoms with Gasteiger partial charge in [0.25, 0.3) is 0 Å². The monoisotopic (exact) mass is 402 g/mol. The van der Waals surface area contributed by atoms with Crippen LogP contribution in [0.1, 0.15) is 0 Å². The van der Waals surface area contributed by atoms with Gasteiger partial charge >= 0.3 is 65.4 Å². The van der Waals surface area contributed by atoms with Crippen molar-refractivity contribution in [2.45, 2.75) is 0 Å². The van der Waals surface area contributed by atoms with E-state index in [4.69, 9.17) is 0 Å². The topological polar surface area (TPSA) is 40.6 Å². The van der Waals surface area contributed by atoms with Crippen LogP contribution in [0.3, 0.4) is 0 Å². The molecular formula is C12H20N2O2Y2. The molecule has 0 saturated carbocycles. The Labute approximate surface area is 163 Å². The van der Waals surface area contributed by atoms with Crippen LogP contribution in [0.4, 0.5) is 0 Å². The third-order valence-electron chi connectivity index (χ3n) is 0.996. The second-order valence-electron chi connectivity index (χ2n) is 2.36. The second kappa shape index (κ2) is 22.8. The summed E-state index contributed by atoms with van der Waals surface area (Å²) in [7, 11) is 9.67. The summed E-state index contributed by atoms with van der Waals surface area (Å²) in [4.78, 5) is 22.7. The van der Waals surface area contributed by atoms with Crippen molar-refractivity contribution >= 4 is 11.8 Å². The van der Waals surface area contributed by atoms with E-state index in [9.17, 15) is 9.59 Å². The van der Waals surface area contributed by atoms with Crippen molar-refractivity contribution in [3.8, 4) is 0 Å². The van der Waals surface area contributed by atoms with E-state index in [0.717, 1.165) is 9.80 Å². The molecule has 0 aromatic carbocycles. The van der Waals surface area contributed by atoms with E-state index in [1.165, 1.54) is 0 Å². The summed E-state index contributed by atoms with van der Waals surface area (Å²) in [6.45, 7) is 6.25. The summed E-state index contributed by atoms with van der Waals surface area (Å²) in [5, 5.41) is 0. The number of amides is 2. The zero-order valence-electron chi connectivity index (χ0n) is 11.7. The summed E-state index contributed by atoms with van der Waals surface area (Å²) in [6.07, 6.45) is 4.28. The zero-order valence-corrected chi connectivity index (χ0v) is 17.4. The molecular weight excluding hydrogens is 382 g/mol. The summed E-state index contributed by atoms with van der Waals surface area (Å²) in [6, 6.07) is 0. The molecule has 0 aromatic heterocycles. The molecule has 96 valence electrons. The van der Waals surface area contributed by atoms with Crippen LogP contribution in [0, 0.1) is 41.1 Å². The molecule has 0 saturated heterocycles. The Balaban J connectivity index is -0.0000000327. The first-order valence-electron chi connectivity index (χ1n) is 3.59. The van der Waals surface area contributed by atoms with Crippen LogP contribution in [-0.2, 0) is 75.0 Å². The molecule has 0 aliphatic rings. The number of likely N-dealkylation sites (N-methyl/N-ethyl adjacent to an activating group) is 2. The zero-order chi connectivity index (χ0) is 11.7. The number of nitrogens with zero attached hydrogens (tertiary/aromatic N) is 2. The van der Waals surface area contributed by atoms with Gasteiger partial charge in [-0.05, 0) is 14.1 Å². The Morgan fingerprint density at radius 2 is 1.06 bits per heavy atom. The summed E-state index contributed by atoms with van der Waals surface area (Å²) >= 11 is 0. The van der Waals surface area contributed by atoms with E-state index >= 15 is 0 Å². The minimum Gasteiger partial charge on any atom is -0.525 e. The summed E-state index contributed by atoms with van der Waals surface area (Å²) in [5.74, 6) is -0.583. The Hall–Kier alpha value is 0.628. The van der Waals surface area contributed by atoms with Crippen molar-refractivity contribution in [2.75, 3.05) is 14.1 Å². The Kier molecular flexibility index (Phi) is 45.9. The minimum atomic E-state index is -0.292. The third kappa shape index (κ3) is 25.5. The smallest absolute Gasteiger partial charge is 0.525 e. The first-order valence-corrected chi connectivity index (χ1v) is 3.59. The van der Waals surface area contributed by atoms with E-state index in [1.807, 2.05) is 0 Å². The molecule has 4 nitrogen and oxygen atoms in total. The van der Waals surface area contributed by atoms with Gasteiger partial charge in [-0.25, -0.2) is 0 Å². The largest absolute Gasteiger partial charge is 3.00 e. The molecule has 0 aliphatic heterocycles. The maximum Gasteiger partial charge on any atom is 3.00 e. The van der Waals surface area contributed by atoms with E-state index in [0.29, 0.717) is 0 Å². The summed E-state index contributed by atoms with van der Waals surface area (Å²) < 4.78 is 0. The van der Waals surface area contributed by atoms with E-state index < -0.39 is 0 Å². The molecule has 0 N–H and O–H groups in total. The van der Waals surface area contributed by atoms with Crippen LogP contribution in [0.5, 0.6) is 0 Å². The standard InChI is InChI=1S/2C5H7NO.2CH3.2Y/c2*1-4-5(7)6(2)3;;;;/h2*1-2H2,3H3;2*1H3;;/q2*-2;2*-1;2*+3. The molecule has 0 rings (SSSR count). The van der Waals surface area contributed by atoms with Crippen molar-refractivity contribution in [1.82, 2.24) is 9.80 Å². The van der Waals surface area contributed by atoms with Crippen LogP contribution in [0.2, 0.25) is 0 Å². The Morgan fingerprint density at radius 3 is 1.06 bits per heavy atom. The van der Waals surface area contributed by atoms with Crippen LogP contribution in [-0.4, -0.2) is 35.7 Å². The van der Waals surface area contributed by atoms with Gasteiger partial charge in [-0.3, -0.25) is 27.3 Å². The number of carbonyl (C=O) groups excluding carboxylic acids is 2. The van der Waals surface area contributed by atoms with Gasteiger partial charge in [-0.2, -0.15) is 0 Å². The van der Waals surface area contributed by atoms with Gasteiger partial charge in [-0.15, -0.1) is 0 Å². The molecule has 2 amide bonds. The Morgan fingerprint density at radius 1 is 0.889 bits per heavy atom. The molecule has 0 fully saturated rings. The maximum atomic E-state index is 10.2. The van der Waals surface area contributed by atoms with Crippen molar-refractivity contribution in [3.63, 3.8) is 0 Å². The number of hydrogen-bond acceptors (Lipinski definition) is 2. The predicted molar refractivity (Wildman–Crippen MR) is 66.8 cm³/mol. The first kappa shape index (κ1) is 36.3. The fraction of sp³-hybridized carbons (Fsp3) is 0.167. The molecule has 0 aromatic rings. The van der Waals surface area contributed by atoms with E-state index in [2.05, 4.69) is 39.4 Å². The van der Waals surface area contributed by atoms with Crippen LogP contribution in [0.15, 0.2) is 13.2 Å². The fourth-order valence-electron chi connectivity index (χ4n) is 0.270. The molecule has 0 radical (unpaired) electrons. The molecule has 18 heavy (non-hydrogen) atoms. The average Bonchev–Trinajstić information content (AvgIpc) is 2.15. The molecule has 0 unspecified atom stereocenters. The normalized spacial score (nSPS) is 6.00. The first-order chi connectivity index (χ1) is 6.36. The second-order valence-corrected chi connectivity index (χ2v) is 2.36. The van der Waals surface area contributed by atoms with Gasteiger partial charge in [0.15, 0.2) is 0 Å². The summed E-state index contributed by atoms with van der Waals surface area (Å²) in [5.41, 5.74) is 0. The van der Waals surface area contributed by atoms with E-state index in [1.54, 1.807) is 14.1 Å². The number of rotatable bonds is 2. The van der Waals surface area contributed by atoms with Gasteiger partial charge in [0, 0.05) is 11.8 Å². The molecule has 0 heterocycles. The Bertz CT molecular complexity index is 206. The fourth-order valence-corrected chi connectivity index (χ4v) is 0.270. The van der Waals surface area contributed by atoms with Crippen LogP contribution >= 0.6 is 0 Å². The van der Waals surface area contributed by atoms with Gasteiger partial charge < -0.3 is 46.4 Å². The van der Waals surface area contributed by atoms with Crippen LogP contribution < -0.4 is 0 Å². The third-order valence-corrected chi connectivity index (χ3v) is 0.996. The van der Waals surface area contributed by atoms with Gasteiger partial charge in [0.1, 0.15) is 0 Å². The van der Waals surface area contributed by atoms with Gasteiger partial charge in [-0.1, -0.05) is 0 Å². The van der Waals surface area contributed by atoms with Gasteiger partial charge in [0.05, 0.1) is 0 Å². The number of hydrogen-bond donors (Lipinski definition) is 0. The molecule has 0 atom stereocenters. The number of carbonyl (C=O) groups is 2. The van der Waals surface area contributed by atoms with E-state index in [-0.39, 0.29) is 92.1 Å². The maximum absolute atomic E-state index is 10.2. The molecule has 0 aliphatic carbocycles. The average molecular weight is 402 g/mol. The van der Waals surface area contributed by atoms with Crippen LogP contribution in [0.25, 0.3) is 0 Å². The minimum absolute atomic E-state index is 0.